The molecule has 0 aliphatic heterocycles. The first kappa shape index (κ1) is 20.5. The Bertz CT molecular complexity index is 645. The van der Waals surface area contributed by atoms with E-state index in [2.05, 4.69) is 27.4 Å². The van der Waals surface area contributed by atoms with Crippen LogP contribution in [0.2, 0.25) is 0 Å². The van der Waals surface area contributed by atoms with Crippen LogP contribution in [-0.4, -0.2) is 40.8 Å². The third-order valence-electron chi connectivity index (χ3n) is 8.70. The fourth-order valence-electron chi connectivity index (χ4n) is 6.70. The number of rotatable bonds is 3. The van der Waals surface area contributed by atoms with E-state index in [-0.39, 0.29) is 29.0 Å². The van der Waals surface area contributed by atoms with E-state index in [0.29, 0.717) is 12.8 Å². The molecule has 3 fully saturated rings. The number of ether oxygens (including phenoxy) is 1. The van der Waals surface area contributed by atoms with Crippen molar-refractivity contribution in [2.24, 2.45) is 34.0 Å². The summed E-state index contributed by atoms with van der Waals surface area (Å²) < 4.78 is 5.77. The minimum absolute atomic E-state index is 0.0433. The molecule has 5 nitrogen and oxygen atoms in total. The quantitative estimate of drug-likeness (QED) is 0.583. The molecule has 0 radical (unpaired) electrons. The molecule has 2 bridgehead atoms. The molecule has 8 atom stereocenters. The highest BCUT2D eigenvalue weighted by Crippen LogP contribution is 2.67. The maximum absolute atomic E-state index is 13.1. The molecule has 2 N–H and O–H groups in total. The molecular formula is C22H34O5. The molecule has 5 heteroatoms. The summed E-state index contributed by atoms with van der Waals surface area (Å²) in [6, 6.07) is 0. The lowest BCUT2D eigenvalue weighted by molar-refractivity contribution is -0.207. The van der Waals surface area contributed by atoms with Crippen LogP contribution in [0.4, 0.5) is 0 Å². The number of carbonyl (C=O) groups is 2. The lowest BCUT2D eigenvalue weighted by Gasteiger charge is -2.61. The van der Waals surface area contributed by atoms with Crippen molar-refractivity contribution >= 4 is 11.8 Å². The minimum Gasteiger partial charge on any atom is -0.460 e. The van der Waals surface area contributed by atoms with Crippen molar-refractivity contribution in [2.75, 3.05) is 6.61 Å². The van der Waals surface area contributed by atoms with Gasteiger partial charge in [0.1, 0.15) is 18.5 Å². The average molecular weight is 379 g/mol. The van der Waals surface area contributed by atoms with Crippen LogP contribution in [0.25, 0.3) is 0 Å². The Labute approximate surface area is 162 Å². The molecule has 0 unspecified atom stereocenters. The Hall–Kier alpha value is -1.20. The smallest absolute Gasteiger partial charge is 0.332 e. The van der Waals surface area contributed by atoms with E-state index < -0.39 is 35.6 Å². The predicted octanol–water partition coefficient (Wildman–Crippen LogP) is 2.89. The monoisotopic (exact) mass is 378 g/mol. The van der Waals surface area contributed by atoms with E-state index >= 15 is 0 Å². The Morgan fingerprint density at radius 1 is 1.33 bits per heavy atom. The highest BCUT2D eigenvalue weighted by molar-refractivity contribution is 5.85. The number of hydrogen-bond acceptors (Lipinski definition) is 5. The SMILES string of the molecule is C=C[C@]1(C)C[C@@H](OC(=O)CO)[C@@]2(C)[C@@H](C)CC[C@@]3(CCC(=O)[C@@H]32)[C@@H](C)[C@@H]1O. The van der Waals surface area contributed by atoms with Crippen molar-refractivity contribution in [3.63, 3.8) is 0 Å². The number of aliphatic hydroxyl groups excluding tert-OH is 2. The van der Waals surface area contributed by atoms with Crippen LogP contribution >= 0.6 is 0 Å². The second-order valence-electron chi connectivity index (χ2n) is 9.72. The normalized spacial score (nSPS) is 49.7. The van der Waals surface area contributed by atoms with Gasteiger partial charge in [-0.05, 0) is 42.9 Å². The molecule has 3 aliphatic rings. The van der Waals surface area contributed by atoms with Gasteiger partial charge < -0.3 is 14.9 Å². The van der Waals surface area contributed by atoms with Crippen LogP contribution in [0.3, 0.4) is 0 Å². The van der Waals surface area contributed by atoms with Crippen LogP contribution in [0, 0.1) is 34.0 Å². The number of ketones is 1. The highest BCUT2D eigenvalue weighted by Gasteiger charge is 2.68. The van der Waals surface area contributed by atoms with Gasteiger partial charge in [0.2, 0.25) is 0 Å². The van der Waals surface area contributed by atoms with Crippen LogP contribution < -0.4 is 0 Å². The fourth-order valence-corrected chi connectivity index (χ4v) is 6.70. The van der Waals surface area contributed by atoms with Crippen molar-refractivity contribution in [3.8, 4) is 0 Å². The van der Waals surface area contributed by atoms with Crippen molar-refractivity contribution in [3.05, 3.63) is 12.7 Å². The van der Waals surface area contributed by atoms with Gasteiger partial charge in [-0.2, -0.15) is 0 Å². The van der Waals surface area contributed by atoms with Gasteiger partial charge in [-0.1, -0.05) is 33.8 Å². The summed E-state index contributed by atoms with van der Waals surface area (Å²) in [5, 5.41) is 20.6. The van der Waals surface area contributed by atoms with Gasteiger partial charge in [0.15, 0.2) is 0 Å². The third-order valence-corrected chi connectivity index (χ3v) is 8.70. The molecule has 0 aromatic heterocycles. The lowest BCUT2D eigenvalue weighted by atomic mass is 9.44. The summed E-state index contributed by atoms with van der Waals surface area (Å²) in [6.07, 6.45) is 4.10. The lowest BCUT2D eigenvalue weighted by Crippen LogP contribution is -2.63. The van der Waals surface area contributed by atoms with Gasteiger partial charge >= 0.3 is 5.97 Å². The standard InChI is InChI=1S/C22H34O5/c1-6-20(4)11-16(27-17(25)12-23)21(5)13(2)7-9-22(14(3)19(20)26)10-8-15(24)18(21)22/h6,13-14,16,18-19,23,26H,1,7-12H2,2-5H3/t13-,14-,16+,18+,19-,20+,21+,22+/m0/s1. The van der Waals surface area contributed by atoms with Crippen LogP contribution in [-0.2, 0) is 14.3 Å². The summed E-state index contributed by atoms with van der Waals surface area (Å²) in [5.41, 5.74) is -1.43. The molecule has 152 valence electrons. The Morgan fingerprint density at radius 3 is 2.59 bits per heavy atom. The first-order valence-corrected chi connectivity index (χ1v) is 10.2. The van der Waals surface area contributed by atoms with E-state index in [1.807, 2.05) is 6.92 Å². The molecule has 0 aromatic carbocycles. The van der Waals surface area contributed by atoms with Gasteiger partial charge in [0, 0.05) is 23.2 Å². The minimum atomic E-state index is -0.686. The largest absolute Gasteiger partial charge is 0.460 e. The Kier molecular flexibility index (Phi) is 5.09. The maximum Gasteiger partial charge on any atom is 0.332 e. The van der Waals surface area contributed by atoms with Gasteiger partial charge in [0.05, 0.1) is 6.10 Å². The second kappa shape index (κ2) is 6.70. The summed E-state index contributed by atoms with van der Waals surface area (Å²) in [6.45, 7) is 11.5. The molecule has 27 heavy (non-hydrogen) atoms. The van der Waals surface area contributed by atoms with Crippen molar-refractivity contribution in [1.29, 1.82) is 0 Å². The molecule has 0 heterocycles. The Balaban J connectivity index is 2.21. The van der Waals surface area contributed by atoms with Crippen molar-refractivity contribution in [1.82, 2.24) is 0 Å². The third kappa shape index (κ3) is 2.72. The van der Waals surface area contributed by atoms with E-state index in [9.17, 15) is 19.8 Å². The second-order valence-corrected chi connectivity index (χ2v) is 9.72. The molecule has 3 aliphatic carbocycles. The highest BCUT2D eigenvalue weighted by atomic mass is 16.6. The molecule has 0 spiro atoms. The summed E-state index contributed by atoms with van der Waals surface area (Å²) in [4.78, 5) is 25.2. The molecule has 0 saturated heterocycles. The summed E-state index contributed by atoms with van der Waals surface area (Å²) in [7, 11) is 0. The van der Waals surface area contributed by atoms with Gasteiger partial charge in [-0.3, -0.25) is 4.79 Å². The van der Waals surface area contributed by atoms with Crippen molar-refractivity contribution < 1.29 is 24.5 Å². The van der Waals surface area contributed by atoms with Crippen LogP contribution in [0.5, 0.6) is 0 Å². The number of esters is 1. The zero-order valence-electron chi connectivity index (χ0n) is 17.0. The summed E-state index contributed by atoms with van der Waals surface area (Å²) in [5.74, 6) is -0.520. The van der Waals surface area contributed by atoms with Crippen LogP contribution in [0.15, 0.2) is 12.7 Å². The fraction of sp³-hybridized carbons (Fsp3) is 0.818. The van der Waals surface area contributed by atoms with Crippen LogP contribution in [0.1, 0.15) is 59.8 Å². The van der Waals surface area contributed by atoms with E-state index in [1.54, 1.807) is 6.08 Å². The molecule has 3 rings (SSSR count). The van der Waals surface area contributed by atoms with Gasteiger partial charge in [0.25, 0.3) is 0 Å². The number of carbonyl (C=O) groups excluding carboxylic acids is 2. The Morgan fingerprint density at radius 2 is 2.00 bits per heavy atom. The molecule has 0 amide bonds. The maximum atomic E-state index is 13.1. The molecular weight excluding hydrogens is 344 g/mol. The molecule has 0 aromatic rings. The first-order valence-electron chi connectivity index (χ1n) is 10.2. The van der Waals surface area contributed by atoms with E-state index in [1.165, 1.54) is 0 Å². The number of Topliss-reactive ketones (excluding diaryl/α,β-unsaturated/α-hetero) is 1. The average Bonchev–Trinajstić information content (AvgIpc) is 3.00. The van der Waals surface area contributed by atoms with Gasteiger partial charge in [-0.15, -0.1) is 6.58 Å². The topological polar surface area (TPSA) is 83.8 Å². The number of hydrogen-bond donors (Lipinski definition) is 2. The first-order chi connectivity index (χ1) is 12.6. The number of aliphatic hydroxyl groups is 2. The predicted molar refractivity (Wildman–Crippen MR) is 102 cm³/mol. The van der Waals surface area contributed by atoms with E-state index in [0.717, 1.165) is 19.3 Å². The van der Waals surface area contributed by atoms with Crippen molar-refractivity contribution in [2.45, 2.75) is 72.0 Å². The molecule has 3 saturated carbocycles. The summed E-state index contributed by atoms with van der Waals surface area (Å²) >= 11 is 0. The zero-order valence-corrected chi connectivity index (χ0v) is 17.0. The van der Waals surface area contributed by atoms with Gasteiger partial charge in [-0.25, -0.2) is 4.79 Å². The zero-order chi connectivity index (χ0) is 20.2. The van der Waals surface area contributed by atoms with E-state index in [4.69, 9.17) is 4.74 Å².